The molecule has 2 N–H and O–H groups in total. The summed E-state index contributed by atoms with van der Waals surface area (Å²) in [7, 11) is 1.79. The van der Waals surface area contributed by atoms with Gasteiger partial charge in [0.25, 0.3) is 0 Å². The lowest BCUT2D eigenvalue weighted by atomic mass is 10.0. The molecular formula is C21H23ClN6O3. The first-order valence-corrected chi connectivity index (χ1v) is 10.5. The minimum absolute atomic E-state index is 0.0620. The van der Waals surface area contributed by atoms with Crippen LogP contribution in [0.2, 0.25) is 5.02 Å². The Morgan fingerprint density at radius 1 is 1.19 bits per heavy atom. The van der Waals surface area contributed by atoms with Crippen molar-refractivity contribution in [1.29, 1.82) is 0 Å². The second-order valence-electron chi connectivity index (χ2n) is 7.39. The number of carbonyl (C=O) groups excluding carboxylic acids is 2. The van der Waals surface area contributed by atoms with Gasteiger partial charge in [0.15, 0.2) is 0 Å². The van der Waals surface area contributed by atoms with E-state index in [1.54, 1.807) is 36.4 Å². The van der Waals surface area contributed by atoms with Gasteiger partial charge in [-0.05, 0) is 25.0 Å². The van der Waals surface area contributed by atoms with Crippen molar-refractivity contribution in [2.45, 2.75) is 25.2 Å². The average molecular weight is 443 g/mol. The molecule has 1 atom stereocenters. The fourth-order valence-electron chi connectivity index (χ4n) is 3.49. The number of aliphatic imine (C=N–C) groups is 1. The first-order valence-electron chi connectivity index (χ1n) is 10.1. The van der Waals surface area contributed by atoms with Crippen molar-refractivity contribution in [3.05, 3.63) is 35.1 Å². The summed E-state index contributed by atoms with van der Waals surface area (Å²) < 4.78 is 5.76. The van der Waals surface area contributed by atoms with Crippen molar-refractivity contribution < 1.29 is 14.3 Å². The standard InChI is InChI=1S/C21H23ClN6O3/c1-28-8-3-7-23-19-18-14(21(30)27-20(18)26-12-25-19)11-24-13-5-6-15(22)16(10-13)31-9-2-4-17(28)29/h5-6,10-12,14H,2-4,7-9H2,1H3,(H2,23,25,26,27,30). The van der Waals surface area contributed by atoms with E-state index in [0.29, 0.717) is 66.2 Å². The van der Waals surface area contributed by atoms with Gasteiger partial charge in [0.1, 0.15) is 29.6 Å². The maximum atomic E-state index is 12.5. The number of nitrogens with one attached hydrogen (secondary N) is 2. The van der Waals surface area contributed by atoms with Crippen LogP contribution in [0.3, 0.4) is 0 Å². The summed E-state index contributed by atoms with van der Waals surface area (Å²) in [6.07, 6.45) is 4.70. The van der Waals surface area contributed by atoms with Crippen LogP contribution in [-0.4, -0.2) is 59.6 Å². The highest BCUT2D eigenvalue weighted by molar-refractivity contribution is 6.32. The Morgan fingerprint density at radius 2 is 2.03 bits per heavy atom. The lowest BCUT2D eigenvalue weighted by Gasteiger charge is -2.18. The minimum atomic E-state index is -0.623. The summed E-state index contributed by atoms with van der Waals surface area (Å²) in [5.74, 6) is 0.761. The molecule has 9 nitrogen and oxygen atoms in total. The molecule has 0 saturated carbocycles. The van der Waals surface area contributed by atoms with Gasteiger partial charge in [-0.25, -0.2) is 9.97 Å². The molecule has 0 spiro atoms. The normalized spacial score (nSPS) is 19.5. The number of halogens is 1. The summed E-state index contributed by atoms with van der Waals surface area (Å²) in [4.78, 5) is 39.5. The molecule has 2 bridgehead atoms. The molecule has 1 unspecified atom stereocenters. The van der Waals surface area contributed by atoms with Crippen molar-refractivity contribution >= 4 is 47.0 Å². The molecule has 0 radical (unpaired) electrons. The van der Waals surface area contributed by atoms with Crippen LogP contribution < -0.4 is 15.4 Å². The van der Waals surface area contributed by atoms with E-state index in [1.807, 2.05) is 0 Å². The number of hydrogen-bond donors (Lipinski definition) is 2. The molecule has 0 fully saturated rings. The fraction of sp³-hybridized carbons (Fsp3) is 0.381. The van der Waals surface area contributed by atoms with Crippen molar-refractivity contribution in [3.63, 3.8) is 0 Å². The number of rotatable bonds is 0. The van der Waals surface area contributed by atoms with E-state index in [1.165, 1.54) is 6.33 Å². The van der Waals surface area contributed by atoms with E-state index in [4.69, 9.17) is 16.3 Å². The zero-order valence-electron chi connectivity index (χ0n) is 17.1. The van der Waals surface area contributed by atoms with Crippen LogP contribution in [0.4, 0.5) is 17.3 Å². The van der Waals surface area contributed by atoms with E-state index < -0.39 is 5.92 Å². The van der Waals surface area contributed by atoms with Crippen LogP contribution in [0.15, 0.2) is 29.5 Å². The van der Waals surface area contributed by atoms with E-state index in [-0.39, 0.29) is 11.8 Å². The number of amides is 2. The smallest absolute Gasteiger partial charge is 0.238 e. The Bertz CT molecular complexity index is 1030. The van der Waals surface area contributed by atoms with Crippen molar-refractivity contribution in [2.24, 2.45) is 4.99 Å². The Balaban J connectivity index is 1.65. The Morgan fingerprint density at radius 3 is 2.90 bits per heavy atom. The third kappa shape index (κ3) is 4.77. The van der Waals surface area contributed by atoms with Crippen LogP contribution in [0.5, 0.6) is 5.75 Å². The van der Waals surface area contributed by atoms with Gasteiger partial charge < -0.3 is 20.3 Å². The topological polar surface area (TPSA) is 109 Å². The van der Waals surface area contributed by atoms with Crippen molar-refractivity contribution in [2.75, 3.05) is 37.4 Å². The predicted molar refractivity (Wildman–Crippen MR) is 118 cm³/mol. The number of aromatic nitrogens is 2. The molecule has 10 heteroatoms. The van der Waals surface area contributed by atoms with Gasteiger partial charge in [0, 0.05) is 38.8 Å². The second-order valence-corrected chi connectivity index (χ2v) is 7.80. The van der Waals surface area contributed by atoms with Crippen molar-refractivity contribution in [1.82, 2.24) is 14.9 Å². The van der Waals surface area contributed by atoms with Gasteiger partial charge in [0.2, 0.25) is 11.8 Å². The molecule has 1 aromatic carbocycles. The van der Waals surface area contributed by atoms with Gasteiger partial charge >= 0.3 is 0 Å². The number of benzene rings is 1. The van der Waals surface area contributed by atoms with E-state index in [9.17, 15) is 9.59 Å². The summed E-state index contributed by atoms with van der Waals surface area (Å²) in [6, 6.07) is 5.15. The predicted octanol–water partition coefficient (Wildman–Crippen LogP) is 3.00. The SMILES string of the molecule is CN1CCCNc2ncnc3c2C(C=Nc2ccc(Cl)c(c2)OCCCC1=O)C(=O)N3. The molecule has 1 aromatic heterocycles. The Labute approximate surface area is 184 Å². The van der Waals surface area contributed by atoms with Crippen LogP contribution in [0.25, 0.3) is 0 Å². The maximum absolute atomic E-state index is 12.5. The summed E-state index contributed by atoms with van der Waals surface area (Å²) in [5.41, 5.74) is 1.26. The molecule has 162 valence electrons. The fourth-order valence-corrected chi connectivity index (χ4v) is 3.66. The van der Waals surface area contributed by atoms with E-state index >= 15 is 0 Å². The number of anilines is 2. The molecule has 4 rings (SSSR count). The van der Waals surface area contributed by atoms with Crippen LogP contribution in [0, 0.1) is 0 Å². The third-order valence-corrected chi connectivity index (χ3v) is 5.50. The zero-order chi connectivity index (χ0) is 21.8. The highest BCUT2D eigenvalue weighted by atomic mass is 35.5. The van der Waals surface area contributed by atoms with E-state index in [0.717, 1.165) is 6.42 Å². The molecular weight excluding hydrogens is 420 g/mol. The van der Waals surface area contributed by atoms with Gasteiger partial charge in [-0.2, -0.15) is 0 Å². The Hall–Kier alpha value is -3.20. The quantitative estimate of drug-likeness (QED) is 0.649. The van der Waals surface area contributed by atoms with Crippen LogP contribution >= 0.6 is 11.6 Å². The molecule has 0 aliphatic carbocycles. The third-order valence-electron chi connectivity index (χ3n) is 5.19. The number of hydrogen-bond acceptors (Lipinski definition) is 7. The largest absolute Gasteiger partial charge is 0.492 e. The average Bonchev–Trinajstić information content (AvgIpc) is 3.09. The lowest BCUT2D eigenvalue weighted by molar-refractivity contribution is -0.130. The highest BCUT2D eigenvalue weighted by Crippen LogP contribution is 2.35. The first-order chi connectivity index (χ1) is 15.0. The maximum Gasteiger partial charge on any atom is 0.238 e. The van der Waals surface area contributed by atoms with Crippen LogP contribution in [0.1, 0.15) is 30.7 Å². The van der Waals surface area contributed by atoms with Gasteiger partial charge in [-0.15, -0.1) is 0 Å². The molecule has 0 saturated heterocycles. The minimum Gasteiger partial charge on any atom is -0.492 e. The molecule has 2 aliphatic rings. The number of nitrogens with zero attached hydrogens (tertiary/aromatic N) is 4. The number of ether oxygens (including phenoxy) is 1. The molecule has 31 heavy (non-hydrogen) atoms. The molecule has 2 aliphatic heterocycles. The van der Waals surface area contributed by atoms with Gasteiger partial charge in [0.05, 0.1) is 22.9 Å². The first kappa shape index (κ1) is 21.0. The summed E-state index contributed by atoms with van der Waals surface area (Å²) >= 11 is 6.23. The molecule has 2 aromatic rings. The van der Waals surface area contributed by atoms with Gasteiger partial charge in [-0.3, -0.25) is 14.6 Å². The van der Waals surface area contributed by atoms with E-state index in [2.05, 4.69) is 25.6 Å². The number of carbonyl (C=O) groups is 2. The monoisotopic (exact) mass is 442 g/mol. The molecule has 2 amide bonds. The zero-order valence-corrected chi connectivity index (χ0v) is 17.9. The van der Waals surface area contributed by atoms with Gasteiger partial charge in [-0.1, -0.05) is 11.6 Å². The van der Waals surface area contributed by atoms with Crippen molar-refractivity contribution in [3.8, 4) is 5.75 Å². The lowest BCUT2D eigenvalue weighted by Crippen LogP contribution is -2.29. The summed E-state index contributed by atoms with van der Waals surface area (Å²) in [6.45, 7) is 1.58. The summed E-state index contributed by atoms with van der Waals surface area (Å²) in [5, 5.41) is 6.50. The number of fused-ring (bicyclic) bond motifs is 2. The second kappa shape index (κ2) is 9.30. The highest BCUT2D eigenvalue weighted by Gasteiger charge is 2.33. The van der Waals surface area contributed by atoms with Crippen LogP contribution in [-0.2, 0) is 9.59 Å². The molecule has 3 heterocycles. The Kier molecular flexibility index (Phi) is 6.31.